The third-order valence-electron chi connectivity index (χ3n) is 3.09. The zero-order valence-corrected chi connectivity index (χ0v) is 10.1. The molecule has 0 atom stereocenters. The lowest BCUT2D eigenvalue weighted by molar-refractivity contribution is 0.394. The number of benzene rings is 1. The number of hydrogen-bond donors (Lipinski definition) is 0. The van der Waals surface area contributed by atoms with Crippen LogP contribution in [-0.4, -0.2) is 45.5 Å². The normalized spacial score (nSPS) is 16.4. The molecule has 0 N–H and O–H groups in total. The second-order valence-electron chi connectivity index (χ2n) is 4.09. The highest BCUT2D eigenvalue weighted by Crippen LogP contribution is 2.28. The van der Waals surface area contributed by atoms with E-state index in [9.17, 15) is 0 Å². The molecule has 1 aliphatic heterocycles. The van der Waals surface area contributed by atoms with Crippen LogP contribution in [-0.2, 0) is 0 Å². The monoisotopic (exact) mass is 229 g/mol. The molecule has 0 bridgehead atoms. The van der Waals surface area contributed by atoms with Gasteiger partial charge in [-0.3, -0.25) is 0 Å². The van der Waals surface area contributed by atoms with Gasteiger partial charge in [0.1, 0.15) is 5.75 Å². The van der Waals surface area contributed by atoms with Crippen molar-refractivity contribution in [2.75, 3.05) is 38.2 Å². The maximum Gasteiger partial charge on any atom is 0.331 e. The van der Waals surface area contributed by atoms with Crippen LogP contribution in [0, 0.1) is 11.2 Å². The Morgan fingerprint density at radius 1 is 1.24 bits per heavy atom. The van der Waals surface area contributed by atoms with Crippen LogP contribution in [0.5, 0.6) is 5.75 Å². The second-order valence-corrected chi connectivity index (χ2v) is 4.09. The summed E-state index contributed by atoms with van der Waals surface area (Å²) in [7, 11) is 2.23. The minimum absolute atomic E-state index is 0.528. The fraction of sp³-hybridized carbons (Fsp3) is 0.417. The smallest absolute Gasteiger partial charge is 0.331 e. The van der Waals surface area contributed by atoms with Gasteiger partial charge in [0.25, 0.3) is 0 Å². The average Bonchev–Trinajstić information content (AvgIpc) is 2.40. The summed E-state index contributed by atoms with van der Waals surface area (Å²) in [5.41, 5.74) is 1.15. The highest BCUT2D eigenvalue weighted by atomic mass is 16.5. The van der Waals surface area contributed by atoms with Gasteiger partial charge in [0.2, 0.25) is 0 Å². The highest BCUT2D eigenvalue weighted by Gasteiger charge is 2.19. The van der Waals surface area contributed by atoms with Crippen molar-refractivity contribution in [1.82, 2.24) is 4.81 Å². The van der Waals surface area contributed by atoms with E-state index in [0.29, 0.717) is 7.41 Å². The van der Waals surface area contributed by atoms with Crippen LogP contribution < -0.4 is 9.64 Å². The van der Waals surface area contributed by atoms with Gasteiger partial charge in [-0.1, -0.05) is 12.1 Å². The summed E-state index contributed by atoms with van der Waals surface area (Å²) in [5.74, 6) is 3.12. The Hall–Kier alpha value is -1.67. The van der Waals surface area contributed by atoms with Gasteiger partial charge >= 0.3 is 7.41 Å². The van der Waals surface area contributed by atoms with Crippen LogP contribution in [0.25, 0.3) is 0 Å². The summed E-state index contributed by atoms with van der Waals surface area (Å²) in [6.07, 6.45) is 0. The number of anilines is 1. The molecule has 1 aliphatic rings. The van der Waals surface area contributed by atoms with E-state index in [-0.39, 0.29) is 0 Å². The molecule has 0 amide bonds. The van der Waals surface area contributed by atoms with Crippen molar-refractivity contribution in [3.05, 3.63) is 24.3 Å². The minimum Gasteiger partial charge on any atom is -0.495 e. The lowest BCUT2D eigenvalue weighted by Gasteiger charge is -2.35. The van der Waals surface area contributed by atoms with E-state index in [1.165, 1.54) is 0 Å². The van der Waals surface area contributed by atoms with Crippen LogP contribution in [0.4, 0.5) is 5.69 Å². The quantitative estimate of drug-likeness (QED) is 0.713. The molecule has 0 spiro atoms. The first-order valence-corrected chi connectivity index (χ1v) is 5.82. The molecule has 0 unspecified atom stereocenters. The number of rotatable bonds is 3. The van der Waals surface area contributed by atoms with Gasteiger partial charge in [-0.25, -0.2) is 5.26 Å². The molecule has 0 radical (unpaired) electrons. The molecule has 0 saturated carbocycles. The Bertz CT molecular complexity index is 410. The summed E-state index contributed by atoms with van der Waals surface area (Å²) in [4.78, 5) is 4.48. The van der Waals surface area contributed by atoms with E-state index < -0.39 is 0 Å². The third kappa shape index (κ3) is 2.72. The fourth-order valence-corrected chi connectivity index (χ4v) is 2.14. The first-order valence-electron chi connectivity index (χ1n) is 5.82. The first-order chi connectivity index (χ1) is 8.35. The zero-order chi connectivity index (χ0) is 12.1. The SMILES string of the molecule is COc1ccccc1N1CCN(BC#N)CC1. The number of piperazine rings is 1. The van der Waals surface area contributed by atoms with Crippen molar-refractivity contribution in [3.8, 4) is 11.7 Å². The summed E-state index contributed by atoms with van der Waals surface area (Å²) < 4.78 is 5.37. The molecule has 1 aromatic carbocycles. The van der Waals surface area contributed by atoms with Crippen molar-refractivity contribution in [2.45, 2.75) is 0 Å². The molecule has 17 heavy (non-hydrogen) atoms. The molecular weight excluding hydrogens is 213 g/mol. The average molecular weight is 229 g/mol. The molecule has 4 nitrogen and oxygen atoms in total. The van der Waals surface area contributed by atoms with Crippen LogP contribution in [0.15, 0.2) is 24.3 Å². The number of ether oxygens (including phenoxy) is 1. The molecule has 1 fully saturated rings. The van der Waals surface area contributed by atoms with Crippen molar-refractivity contribution < 1.29 is 4.74 Å². The van der Waals surface area contributed by atoms with Gasteiger partial charge in [0, 0.05) is 32.1 Å². The summed E-state index contributed by atoms with van der Waals surface area (Å²) in [5, 5.41) is 8.66. The fourth-order valence-electron chi connectivity index (χ4n) is 2.14. The van der Waals surface area contributed by atoms with Gasteiger partial charge in [0.15, 0.2) is 0 Å². The predicted octanol–water partition coefficient (Wildman–Crippen LogP) is 0.650. The van der Waals surface area contributed by atoms with Crippen molar-refractivity contribution >= 4 is 13.1 Å². The largest absolute Gasteiger partial charge is 0.495 e. The molecule has 5 heteroatoms. The molecule has 0 aliphatic carbocycles. The molecule has 1 heterocycles. The molecule has 0 aromatic heterocycles. The summed E-state index contributed by atoms with van der Waals surface area (Å²) >= 11 is 0. The first kappa shape index (κ1) is 11.8. The number of nitrogens with zero attached hydrogens (tertiary/aromatic N) is 3. The lowest BCUT2D eigenvalue weighted by atomic mass is 9.93. The van der Waals surface area contributed by atoms with Crippen LogP contribution in [0.1, 0.15) is 0 Å². The number of para-hydroxylation sites is 2. The number of nitriles is 1. The topological polar surface area (TPSA) is 39.5 Å². The van der Waals surface area contributed by atoms with Gasteiger partial charge in [-0.05, 0) is 12.1 Å². The van der Waals surface area contributed by atoms with Crippen molar-refractivity contribution in [1.29, 1.82) is 5.26 Å². The standard InChI is InChI=1S/C12H16BN3O/c1-17-12-5-3-2-4-11(12)15-6-8-16(9-7-15)13-10-14/h2-5,13H,6-9H2,1H3. The zero-order valence-electron chi connectivity index (χ0n) is 10.1. The molecule has 1 saturated heterocycles. The molecule has 1 aromatic rings. The number of hydrogen-bond acceptors (Lipinski definition) is 4. The van der Waals surface area contributed by atoms with E-state index in [1.54, 1.807) is 7.11 Å². The lowest BCUT2D eigenvalue weighted by Crippen LogP contribution is -2.47. The molecule has 2 rings (SSSR count). The Morgan fingerprint density at radius 2 is 1.94 bits per heavy atom. The van der Waals surface area contributed by atoms with Gasteiger partial charge in [-0.2, -0.15) is 0 Å². The maximum atomic E-state index is 8.66. The number of methoxy groups -OCH3 is 1. The van der Waals surface area contributed by atoms with Gasteiger partial charge in [0.05, 0.1) is 12.8 Å². The van der Waals surface area contributed by atoms with E-state index in [1.807, 2.05) is 18.2 Å². The Balaban J connectivity index is 2.03. The Kier molecular flexibility index (Phi) is 3.89. The van der Waals surface area contributed by atoms with E-state index in [2.05, 4.69) is 21.7 Å². The molecular formula is C12H16BN3O. The van der Waals surface area contributed by atoms with Gasteiger partial charge in [-0.15, -0.1) is 0 Å². The van der Waals surface area contributed by atoms with Gasteiger partial charge < -0.3 is 14.4 Å². The van der Waals surface area contributed by atoms with Crippen molar-refractivity contribution in [2.24, 2.45) is 0 Å². The van der Waals surface area contributed by atoms with E-state index >= 15 is 0 Å². The second kappa shape index (κ2) is 5.60. The summed E-state index contributed by atoms with van der Waals surface area (Å²) in [6.45, 7) is 3.77. The van der Waals surface area contributed by atoms with Crippen molar-refractivity contribution in [3.63, 3.8) is 0 Å². The Labute approximate surface area is 103 Å². The Morgan fingerprint density at radius 3 is 2.59 bits per heavy atom. The molecule has 88 valence electrons. The van der Waals surface area contributed by atoms with E-state index in [0.717, 1.165) is 37.6 Å². The van der Waals surface area contributed by atoms with Crippen LogP contribution >= 0.6 is 0 Å². The highest BCUT2D eigenvalue weighted by molar-refractivity contribution is 6.41. The van der Waals surface area contributed by atoms with Crippen LogP contribution in [0.2, 0.25) is 0 Å². The van der Waals surface area contributed by atoms with E-state index in [4.69, 9.17) is 10.00 Å². The predicted molar refractivity (Wildman–Crippen MR) is 69.5 cm³/mol. The third-order valence-corrected chi connectivity index (χ3v) is 3.09. The summed E-state index contributed by atoms with van der Waals surface area (Å²) in [6, 6.07) is 8.07. The van der Waals surface area contributed by atoms with Crippen LogP contribution in [0.3, 0.4) is 0 Å². The minimum atomic E-state index is 0.528. The maximum absolute atomic E-state index is 8.66.